The van der Waals surface area contributed by atoms with Crippen LogP contribution in [0.4, 0.5) is 5.69 Å². The molecule has 3 rings (SSSR count). The van der Waals surface area contributed by atoms with Crippen LogP contribution in [0.3, 0.4) is 0 Å². The number of hydrogen-bond donors (Lipinski definition) is 2. The number of aromatic nitrogens is 2. The molecule has 0 unspecified atom stereocenters. The minimum Gasteiger partial charge on any atom is -0.497 e. The van der Waals surface area contributed by atoms with Crippen LogP contribution in [0.5, 0.6) is 11.5 Å². The van der Waals surface area contributed by atoms with E-state index in [1.165, 1.54) is 18.9 Å². The standard InChI is InChI=1S/C22H22ClN3O4S/c1-13-17(11-20(27)25-18-8-7-16(29-2)10-19(18)30-3)21(28)26-22(24-13)31-12-14-5-4-6-15(23)9-14/h4-10H,11-12H2,1-3H3,(H,25,27)(H,24,26,28). The van der Waals surface area contributed by atoms with Gasteiger partial charge in [0, 0.05) is 28.1 Å². The van der Waals surface area contributed by atoms with E-state index in [1.807, 2.05) is 18.2 Å². The van der Waals surface area contributed by atoms with Crippen LogP contribution in [0.1, 0.15) is 16.8 Å². The number of thioether (sulfide) groups is 1. The van der Waals surface area contributed by atoms with Crippen LogP contribution in [-0.2, 0) is 17.0 Å². The number of anilines is 1. The Balaban J connectivity index is 1.69. The quantitative estimate of drug-likeness (QED) is 0.387. The summed E-state index contributed by atoms with van der Waals surface area (Å²) in [5.74, 6) is 1.33. The van der Waals surface area contributed by atoms with E-state index in [1.54, 1.807) is 38.3 Å². The first-order valence-electron chi connectivity index (χ1n) is 9.38. The predicted octanol–water partition coefficient (Wildman–Crippen LogP) is 4.22. The number of nitrogens with one attached hydrogen (secondary N) is 2. The first kappa shape index (κ1) is 22.7. The molecule has 162 valence electrons. The number of amides is 1. The highest BCUT2D eigenvalue weighted by atomic mass is 35.5. The second kappa shape index (κ2) is 10.4. The normalized spacial score (nSPS) is 10.6. The lowest BCUT2D eigenvalue weighted by Crippen LogP contribution is -2.24. The topological polar surface area (TPSA) is 93.3 Å². The van der Waals surface area contributed by atoms with Crippen LogP contribution in [0.2, 0.25) is 5.02 Å². The molecule has 1 amide bonds. The van der Waals surface area contributed by atoms with Crippen LogP contribution >= 0.6 is 23.4 Å². The van der Waals surface area contributed by atoms with Crippen molar-refractivity contribution in [1.29, 1.82) is 0 Å². The summed E-state index contributed by atoms with van der Waals surface area (Å²) in [6.07, 6.45) is -0.109. The van der Waals surface area contributed by atoms with Gasteiger partial charge in [-0.1, -0.05) is 35.5 Å². The zero-order chi connectivity index (χ0) is 22.4. The Morgan fingerprint density at radius 3 is 2.68 bits per heavy atom. The van der Waals surface area contributed by atoms with Crippen molar-refractivity contribution in [2.75, 3.05) is 19.5 Å². The van der Waals surface area contributed by atoms with Gasteiger partial charge in [-0.15, -0.1) is 0 Å². The number of ether oxygens (including phenoxy) is 2. The van der Waals surface area contributed by atoms with Crippen molar-refractivity contribution in [3.05, 3.63) is 74.7 Å². The number of halogens is 1. The van der Waals surface area contributed by atoms with Crippen LogP contribution in [-0.4, -0.2) is 30.1 Å². The second-order valence-electron chi connectivity index (χ2n) is 6.64. The molecule has 0 saturated heterocycles. The lowest BCUT2D eigenvalue weighted by atomic mass is 10.1. The fourth-order valence-corrected chi connectivity index (χ4v) is 3.96. The number of methoxy groups -OCH3 is 2. The average Bonchev–Trinajstić information content (AvgIpc) is 2.75. The second-order valence-corrected chi connectivity index (χ2v) is 8.05. The summed E-state index contributed by atoms with van der Waals surface area (Å²) < 4.78 is 10.4. The van der Waals surface area contributed by atoms with E-state index in [0.717, 1.165) is 5.56 Å². The summed E-state index contributed by atoms with van der Waals surface area (Å²) in [5.41, 5.74) is 2.00. The number of benzene rings is 2. The van der Waals surface area contributed by atoms with Crippen molar-refractivity contribution >= 4 is 35.0 Å². The van der Waals surface area contributed by atoms with E-state index in [-0.39, 0.29) is 17.9 Å². The molecule has 0 fully saturated rings. The van der Waals surface area contributed by atoms with Crippen molar-refractivity contribution in [2.24, 2.45) is 0 Å². The van der Waals surface area contributed by atoms with Crippen LogP contribution in [0.15, 0.2) is 52.4 Å². The zero-order valence-electron chi connectivity index (χ0n) is 17.3. The highest BCUT2D eigenvalue weighted by molar-refractivity contribution is 7.98. The summed E-state index contributed by atoms with van der Waals surface area (Å²) in [6, 6.07) is 12.6. The summed E-state index contributed by atoms with van der Waals surface area (Å²) in [6.45, 7) is 1.72. The maximum atomic E-state index is 12.6. The molecular weight excluding hydrogens is 438 g/mol. The number of carbonyl (C=O) groups excluding carboxylic acids is 1. The Hall–Kier alpha value is -2.97. The number of hydrogen-bond acceptors (Lipinski definition) is 6. The van der Waals surface area contributed by atoms with Gasteiger partial charge < -0.3 is 19.8 Å². The van der Waals surface area contributed by atoms with E-state index < -0.39 is 0 Å². The van der Waals surface area contributed by atoms with Gasteiger partial charge >= 0.3 is 0 Å². The van der Waals surface area contributed by atoms with Gasteiger partial charge in [0.25, 0.3) is 5.56 Å². The van der Waals surface area contributed by atoms with Crippen LogP contribution in [0.25, 0.3) is 0 Å². The molecule has 7 nitrogen and oxygen atoms in total. The molecule has 9 heteroatoms. The van der Waals surface area contributed by atoms with Gasteiger partial charge in [-0.3, -0.25) is 9.59 Å². The molecule has 1 heterocycles. The number of nitrogens with zero attached hydrogens (tertiary/aromatic N) is 1. The molecule has 0 saturated carbocycles. The average molecular weight is 460 g/mol. The van der Waals surface area contributed by atoms with Crippen LogP contribution in [0, 0.1) is 6.92 Å². The fourth-order valence-electron chi connectivity index (χ4n) is 2.90. The summed E-state index contributed by atoms with van der Waals surface area (Å²) in [4.78, 5) is 32.3. The Morgan fingerprint density at radius 2 is 2.00 bits per heavy atom. The molecule has 0 spiro atoms. The van der Waals surface area contributed by atoms with Gasteiger partial charge in [0.1, 0.15) is 11.5 Å². The Morgan fingerprint density at radius 1 is 1.19 bits per heavy atom. The Bertz CT molecular complexity index is 1150. The molecule has 0 radical (unpaired) electrons. The largest absolute Gasteiger partial charge is 0.497 e. The molecule has 0 aliphatic rings. The van der Waals surface area contributed by atoms with E-state index in [9.17, 15) is 9.59 Å². The number of aromatic amines is 1. The molecule has 31 heavy (non-hydrogen) atoms. The fraction of sp³-hybridized carbons (Fsp3) is 0.227. The summed E-state index contributed by atoms with van der Waals surface area (Å²) >= 11 is 7.40. The van der Waals surface area contributed by atoms with E-state index in [4.69, 9.17) is 21.1 Å². The Labute approximate surface area is 189 Å². The summed E-state index contributed by atoms with van der Waals surface area (Å²) in [7, 11) is 3.05. The molecule has 0 bridgehead atoms. The van der Waals surface area contributed by atoms with Gasteiger partial charge in [0.2, 0.25) is 5.91 Å². The number of rotatable bonds is 8. The third-order valence-corrected chi connectivity index (χ3v) is 5.66. The number of carbonyl (C=O) groups is 1. The summed E-state index contributed by atoms with van der Waals surface area (Å²) in [5, 5.41) is 3.91. The first-order chi connectivity index (χ1) is 14.9. The minimum absolute atomic E-state index is 0.109. The van der Waals surface area contributed by atoms with Crippen LogP contribution < -0.4 is 20.3 Å². The monoisotopic (exact) mass is 459 g/mol. The third kappa shape index (κ3) is 6.02. The van der Waals surface area contributed by atoms with Crippen molar-refractivity contribution in [3.63, 3.8) is 0 Å². The van der Waals surface area contributed by atoms with Crippen molar-refractivity contribution in [3.8, 4) is 11.5 Å². The van der Waals surface area contributed by atoms with Gasteiger partial charge in [-0.05, 0) is 36.8 Å². The molecule has 3 aromatic rings. The number of H-pyrrole nitrogens is 1. The molecule has 2 aromatic carbocycles. The van der Waals surface area contributed by atoms with E-state index in [0.29, 0.717) is 44.4 Å². The number of aryl methyl sites for hydroxylation is 1. The zero-order valence-corrected chi connectivity index (χ0v) is 18.9. The molecular formula is C22H22ClN3O4S. The molecule has 0 aliphatic heterocycles. The lowest BCUT2D eigenvalue weighted by Gasteiger charge is -2.12. The van der Waals surface area contributed by atoms with Gasteiger partial charge in [-0.2, -0.15) is 0 Å². The molecule has 0 atom stereocenters. The predicted molar refractivity (Wildman–Crippen MR) is 122 cm³/mol. The van der Waals surface area contributed by atoms with Gasteiger partial charge in [0.05, 0.1) is 26.3 Å². The highest BCUT2D eigenvalue weighted by Gasteiger charge is 2.15. The maximum Gasteiger partial charge on any atom is 0.255 e. The molecule has 0 aliphatic carbocycles. The lowest BCUT2D eigenvalue weighted by molar-refractivity contribution is -0.115. The smallest absolute Gasteiger partial charge is 0.255 e. The maximum absolute atomic E-state index is 12.6. The van der Waals surface area contributed by atoms with E-state index >= 15 is 0 Å². The van der Waals surface area contributed by atoms with Crippen molar-refractivity contribution in [1.82, 2.24) is 9.97 Å². The minimum atomic E-state index is -0.349. The molecule has 1 aromatic heterocycles. The Kier molecular flexibility index (Phi) is 7.59. The molecule has 2 N–H and O–H groups in total. The van der Waals surface area contributed by atoms with Gasteiger partial charge in [0.15, 0.2) is 5.16 Å². The van der Waals surface area contributed by atoms with Crippen molar-refractivity contribution in [2.45, 2.75) is 24.3 Å². The highest BCUT2D eigenvalue weighted by Crippen LogP contribution is 2.29. The van der Waals surface area contributed by atoms with Gasteiger partial charge in [-0.25, -0.2) is 4.98 Å². The SMILES string of the molecule is COc1ccc(NC(=O)Cc2c(C)nc(SCc3cccc(Cl)c3)[nH]c2=O)c(OC)c1. The van der Waals surface area contributed by atoms with Crippen molar-refractivity contribution < 1.29 is 14.3 Å². The third-order valence-electron chi connectivity index (χ3n) is 4.49. The van der Waals surface area contributed by atoms with E-state index in [2.05, 4.69) is 15.3 Å². The first-order valence-corrected chi connectivity index (χ1v) is 10.7.